The topological polar surface area (TPSA) is 167 Å². The van der Waals surface area contributed by atoms with Crippen molar-refractivity contribution < 1.29 is 38.1 Å². The van der Waals surface area contributed by atoms with E-state index in [1.807, 2.05) is 11.8 Å². The van der Waals surface area contributed by atoms with Gasteiger partial charge < -0.3 is 29.2 Å². The second-order valence-corrected chi connectivity index (χ2v) is 14.8. The molecule has 3 aromatic rings. The Morgan fingerprint density at radius 2 is 1.89 bits per heavy atom. The van der Waals surface area contributed by atoms with E-state index in [0.717, 1.165) is 25.7 Å². The van der Waals surface area contributed by atoms with E-state index in [4.69, 9.17) is 37.0 Å². The second-order valence-electron chi connectivity index (χ2n) is 14.5. The standard InChI is InChI=1S/C39H48ClN7O8/c1-7-17-45-18-10-19-46(37(45)51)28-15-13-26(14-16-28)20-39(24(4)48,35(50)52-9-3)53-22-29-38(6,8-2)31(54-25(5)49)34(55-29)47-23-42-30-32(41-21-27-11-12-27)43-36(40)44-33(30)47/h2,13-16,23,27,29,31,34H,7,9-12,17-22H2,1,3-6H3,(H,41,43,44)/t29-,31+,34-,38+,39?/m1/s1. The number of ether oxygens (including phenoxy) is 4. The molecule has 2 aliphatic heterocycles. The normalized spacial score (nSPS) is 23.7. The summed E-state index contributed by atoms with van der Waals surface area (Å²) in [4.78, 5) is 69.9. The fraction of sp³-hybridized carbons (Fsp3) is 0.564. The van der Waals surface area contributed by atoms with Crippen molar-refractivity contribution >= 4 is 58.0 Å². The molecule has 4 heterocycles. The fourth-order valence-electron chi connectivity index (χ4n) is 7.18. The minimum atomic E-state index is -2.09. The lowest BCUT2D eigenvalue weighted by molar-refractivity contribution is -0.182. The number of ketones is 1. The molecular weight excluding hydrogens is 730 g/mol. The number of Topliss-reactive ketones (excluding diaryl/α,β-unsaturated/α-hetero) is 1. The number of hydrogen-bond donors (Lipinski definition) is 1. The highest BCUT2D eigenvalue weighted by atomic mass is 35.5. The fourth-order valence-corrected chi connectivity index (χ4v) is 7.34. The average Bonchev–Trinajstić information content (AvgIpc) is 3.84. The Bertz CT molecular complexity index is 1960. The zero-order valence-electron chi connectivity index (χ0n) is 31.9. The number of terminal acetylenes is 1. The van der Waals surface area contributed by atoms with E-state index in [0.29, 0.717) is 60.3 Å². The van der Waals surface area contributed by atoms with E-state index < -0.39 is 47.2 Å². The Kier molecular flexibility index (Phi) is 12.0. The highest BCUT2D eigenvalue weighted by molar-refractivity contribution is 6.28. The molecule has 55 heavy (non-hydrogen) atoms. The lowest BCUT2D eigenvalue weighted by atomic mass is 9.81. The molecule has 1 saturated carbocycles. The number of carbonyl (C=O) groups excluding carboxylic acids is 4. The molecule has 6 rings (SSSR count). The third-order valence-corrected chi connectivity index (χ3v) is 10.7. The van der Waals surface area contributed by atoms with Crippen LogP contribution < -0.4 is 10.2 Å². The Morgan fingerprint density at radius 3 is 2.53 bits per heavy atom. The molecule has 3 aliphatic rings. The predicted molar refractivity (Wildman–Crippen MR) is 203 cm³/mol. The van der Waals surface area contributed by atoms with Gasteiger partial charge in [0.05, 0.1) is 25.0 Å². The Hall–Kier alpha value is -4.78. The summed E-state index contributed by atoms with van der Waals surface area (Å²) in [5.41, 5.74) is -1.37. The van der Waals surface area contributed by atoms with Gasteiger partial charge in [0.25, 0.3) is 0 Å². The van der Waals surface area contributed by atoms with Gasteiger partial charge in [-0.25, -0.2) is 14.6 Å². The summed E-state index contributed by atoms with van der Waals surface area (Å²) in [7, 11) is 0. The van der Waals surface area contributed by atoms with Gasteiger partial charge >= 0.3 is 18.0 Å². The Morgan fingerprint density at radius 1 is 1.15 bits per heavy atom. The van der Waals surface area contributed by atoms with Crippen LogP contribution >= 0.6 is 11.6 Å². The number of carbonyl (C=O) groups is 4. The van der Waals surface area contributed by atoms with Crippen molar-refractivity contribution in [2.45, 2.75) is 90.8 Å². The molecule has 16 heteroatoms. The van der Waals surface area contributed by atoms with Crippen molar-refractivity contribution in [2.75, 3.05) is 49.6 Å². The average molecular weight is 778 g/mol. The maximum absolute atomic E-state index is 13.8. The zero-order valence-corrected chi connectivity index (χ0v) is 32.6. The maximum atomic E-state index is 13.8. The smallest absolute Gasteiger partial charge is 0.346 e. The van der Waals surface area contributed by atoms with Gasteiger partial charge in [-0.1, -0.05) is 25.0 Å². The van der Waals surface area contributed by atoms with Gasteiger partial charge in [-0.15, -0.1) is 6.42 Å². The molecule has 1 N–H and O–H groups in total. The third-order valence-electron chi connectivity index (χ3n) is 10.5. The van der Waals surface area contributed by atoms with Crippen LogP contribution in [0, 0.1) is 23.7 Å². The van der Waals surface area contributed by atoms with Crippen LogP contribution in [0.3, 0.4) is 0 Å². The molecule has 5 atom stereocenters. The highest BCUT2D eigenvalue weighted by Crippen LogP contribution is 2.47. The van der Waals surface area contributed by atoms with E-state index in [9.17, 15) is 19.2 Å². The van der Waals surface area contributed by atoms with Crippen molar-refractivity contribution in [3.8, 4) is 12.3 Å². The summed E-state index contributed by atoms with van der Waals surface area (Å²) < 4.78 is 25.8. The summed E-state index contributed by atoms with van der Waals surface area (Å²) in [6.07, 6.45) is 8.29. The first-order valence-corrected chi connectivity index (χ1v) is 19.1. The van der Waals surface area contributed by atoms with Gasteiger partial charge in [0.2, 0.25) is 10.9 Å². The summed E-state index contributed by atoms with van der Waals surface area (Å²) in [6, 6.07) is 7.05. The van der Waals surface area contributed by atoms with E-state index >= 15 is 0 Å². The van der Waals surface area contributed by atoms with Gasteiger partial charge in [-0.2, -0.15) is 9.97 Å². The van der Waals surface area contributed by atoms with Gasteiger partial charge in [-0.3, -0.25) is 19.1 Å². The number of hydrogen-bond acceptors (Lipinski definition) is 12. The predicted octanol–water partition coefficient (Wildman–Crippen LogP) is 4.96. The van der Waals surface area contributed by atoms with Crippen LogP contribution in [-0.2, 0) is 39.8 Å². The van der Waals surface area contributed by atoms with Crippen LogP contribution in [0.2, 0.25) is 5.28 Å². The summed E-state index contributed by atoms with van der Waals surface area (Å²) in [5, 5.41) is 3.28. The van der Waals surface area contributed by atoms with Crippen LogP contribution in [0.1, 0.15) is 72.1 Å². The van der Waals surface area contributed by atoms with Gasteiger partial charge in [0.15, 0.2) is 35.1 Å². The van der Waals surface area contributed by atoms with Crippen molar-refractivity contribution in [2.24, 2.45) is 11.3 Å². The molecule has 294 valence electrons. The molecule has 1 aliphatic carbocycles. The Balaban J connectivity index is 1.29. The monoisotopic (exact) mass is 777 g/mol. The maximum Gasteiger partial charge on any atom is 0.346 e. The van der Waals surface area contributed by atoms with Crippen molar-refractivity contribution in [3.05, 3.63) is 41.4 Å². The molecule has 1 aromatic carbocycles. The van der Waals surface area contributed by atoms with Crippen LogP contribution in [0.5, 0.6) is 0 Å². The van der Waals surface area contributed by atoms with Gasteiger partial charge in [0.1, 0.15) is 6.10 Å². The number of halogens is 1. The van der Waals surface area contributed by atoms with Gasteiger partial charge in [-0.05, 0) is 81.7 Å². The first kappa shape index (κ1) is 39.9. The number of amides is 2. The molecule has 0 spiro atoms. The number of aromatic nitrogens is 4. The lowest BCUT2D eigenvalue weighted by Gasteiger charge is -2.35. The first-order chi connectivity index (χ1) is 26.3. The molecule has 3 fully saturated rings. The molecule has 2 saturated heterocycles. The lowest BCUT2D eigenvalue weighted by Crippen LogP contribution is -2.53. The van der Waals surface area contributed by atoms with E-state index in [1.54, 1.807) is 47.6 Å². The molecule has 15 nitrogen and oxygen atoms in total. The number of rotatable bonds is 16. The van der Waals surface area contributed by atoms with Crippen LogP contribution in [0.4, 0.5) is 16.3 Å². The molecule has 0 bridgehead atoms. The van der Waals surface area contributed by atoms with Crippen molar-refractivity contribution in [3.63, 3.8) is 0 Å². The van der Waals surface area contributed by atoms with E-state index in [2.05, 4.69) is 26.2 Å². The molecular formula is C39H48ClN7O8. The molecule has 0 radical (unpaired) electrons. The molecule has 2 amide bonds. The number of benzene rings is 1. The summed E-state index contributed by atoms with van der Waals surface area (Å²) in [5.74, 6) is 1.67. The Labute approximate surface area is 325 Å². The number of fused-ring (bicyclic) bond motifs is 1. The third kappa shape index (κ3) is 8.13. The number of esters is 2. The van der Waals surface area contributed by atoms with E-state index in [1.165, 1.54) is 20.2 Å². The van der Waals surface area contributed by atoms with Crippen molar-refractivity contribution in [1.29, 1.82) is 0 Å². The van der Waals surface area contributed by atoms with Crippen LogP contribution in [0.15, 0.2) is 30.6 Å². The number of urea groups is 1. The number of imidazole rings is 1. The molecule has 2 aromatic heterocycles. The number of nitrogens with one attached hydrogen (secondary N) is 1. The highest BCUT2D eigenvalue weighted by Gasteiger charge is 2.58. The number of anilines is 2. The van der Waals surface area contributed by atoms with Crippen LogP contribution in [0.25, 0.3) is 11.2 Å². The van der Waals surface area contributed by atoms with Crippen molar-refractivity contribution in [1.82, 2.24) is 24.4 Å². The van der Waals surface area contributed by atoms with Crippen LogP contribution in [-0.4, -0.2) is 105 Å². The summed E-state index contributed by atoms with van der Waals surface area (Å²) in [6.45, 7) is 10.2. The second kappa shape index (κ2) is 16.5. The largest absolute Gasteiger partial charge is 0.463 e. The van der Waals surface area contributed by atoms with Gasteiger partial charge in [0, 0.05) is 45.2 Å². The quantitative estimate of drug-likeness (QED) is 0.0900. The first-order valence-electron chi connectivity index (χ1n) is 18.8. The SMILES string of the molecule is C#C[C@@]1(C)[C@@H](COC(Cc2ccc(N3CCCN(CCC)C3=O)cc2)(C(C)=O)C(=O)OCC)O[C@@H](n2cnc3c(NCC4CC4)nc(Cl)nc32)[C@@H]1OC(C)=O. The minimum Gasteiger partial charge on any atom is -0.463 e. The molecule has 1 unspecified atom stereocenters. The number of nitrogens with zero attached hydrogens (tertiary/aromatic N) is 6. The van der Waals surface area contributed by atoms with E-state index in [-0.39, 0.29) is 30.9 Å². The zero-order chi connectivity index (χ0) is 39.5. The minimum absolute atomic E-state index is 0.00425. The summed E-state index contributed by atoms with van der Waals surface area (Å²) >= 11 is 6.37.